The van der Waals surface area contributed by atoms with Gasteiger partial charge in [-0.1, -0.05) is 6.92 Å². The van der Waals surface area contributed by atoms with Crippen LogP contribution in [0.1, 0.15) is 38.9 Å². The molecule has 1 atom stereocenters. The number of aliphatic hydroxyl groups is 1. The average molecular weight is 267 g/mol. The molecule has 0 bridgehead atoms. The highest BCUT2D eigenvalue weighted by Crippen LogP contribution is 2.29. The van der Waals surface area contributed by atoms with Crippen LogP contribution in [0.4, 0.5) is 0 Å². The van der Waals surface area contributed by atoms with Crippen molar-refractivity contribution in [3.05, 3.63) is 23.8 Å². The van der Waals surface area contributed by atoms with Crippen LogP contribution in [0, 0.1) is 0 Å². The molecule has 1 aromatic carbocycles. The summed E-state index contributed by atoms with van der Waals surface area (Å²) < 4.78 is 10.5. The van der Waals surface area contributed by atoms with Crippen LogP contribution < -0.4 is 14.8 Å². The Morgan fingerprint density at radius 1 is 1.26 bits per heavy atom. The molecule has 1 aromatic rings. The fraction of sp³-hybridized carbons (Fsp3) is 0.600. The highest BCUT2D eigenvalue weighted by atomic mass is 16.5. The van der Waals surface area contributed by atoms with Crippen molar-refractivity contribution < 1.29 is 14.6 Å². The fourth-order valence-electron chi connectivity index (χ4n) is 1.71. The maximum Gasteiger partial charge on any atom is 0.124 e. The van der Waals surface area contributed by atoms with Gasteiger partial charge in [-0.05, 0) is 38.5 Å². The Morgan fingerprint density at radius 3 is 2.47 bits per heavy atom. The molecule has 0 heterocycles. The van der Waals surface area contributed by atoms with E-state index in [9.17, 15) is 5.11 Å². The molecular weight excluding hydrogens is 242 g/mol. The van der Waals surface area contributed by atoms with E-state index in [1.54, 1.807) is 14.2 Å². The number of ether oxygens (including phenoxy) is 2. The Labute approximate surface area is 115 Å². The lowest BCUT2D eigenvalue weighted by Gasteiger charge is -2.27. The molecule has 19 heavy (non-hydrogen) atoms. The Bertz CT molecular complexity index is 404. The van der Waals surface area contributed by atoms with Crippen LogP contribution in [0.5, 0.6) is 11.5 Å². The standard InChI is InChI=1S/C15H25NO3/c1-6-15(2,3)16-10-13(17)12-9-11(18-4)7-8-14(12)19-5/h7-9,13,16-17H,6,10H2,1-5H3. The zero-order valence-electron chi connectivity index (χ0n) is 12.5. The van der Waals surface area contributed by atoms with E-state index in [2.05, 4.69) is 26.1 Å². The van der Waals surface area contributed by atoms with Crippen LogP contribution in [-0.4, -0.2) is 31.4 Å². The van der Waals surface area contributed by atoms with E-state index >= 15 is 0 Å². The third kappa shape index (κ3) is 4.40. The van der Waals surface area contributed by atoms with Gasteiger partial charge in [-0.2, -0.15) is 0 Å². The first kappa shape index (κ1) is 15.8. The van der Waals surface area contributed by atoms with E-state index < -0.39 is 6.10 Å². The Balaban J connectivity index is 2.82. The normalized spacial score (nSPS) is 13.2. The van der Waals surface area contributed by atoms with E-state index in [-0.39, 0.29) is 5.54 Å². The monoisotopic (exact) mass is 267 g/mol. The minimum atomic E-state index is -0.629. The van der Waals surface area contributed by atoms with Crippen molar-refractivity contribution in [1.82, 2.24) is 5.32 Å². The van der Waals surface area contributed by atoms with Gasteiger partial charge in [-0.15, -0.1) is 0 Å². The van der Waals surface area contributed by atoms with Gasteiger partial charge in [0.1, 0.15) is 11.5 Å². The minimum absolute atomic E-state index is 0.00703. The molecule has 108 valence electrons. The van der Waals surface area contributed by atoms with Crippen molar-refractivity contribution in [2.24, 2.45) is 0 Å². The first-order valence-corrected chi connectivity index (χ1v) is 6.58. The van der Waals surface area contributed by atoms with Gasteiger partial charge < -0.3 is 19.9 Å². The molecule has 0 saturated heterocycles. The Hall–Kier alpha value is -1.26. The smallest absolute Gasteiger partial charge is 0.124 e. The van der Waals surface area contributed by atoms with Gasteiger partial charge in [0.2, 0.25) is 0 Å². The van der Waals surface area contributed by atoms with Gasteiger partial charge in [0.05, 0.1) is 20.3 Å². The lowest BCUT2D eigenvalue weighted by molar-refractivity contribution is 0.156. The van der Waals surface area contributed by atoms with Gasteiger partial charge in [0, 0.05) is 17.6 Å². The maximum atomic E-state index is 10.3. The molecule has 4 nitrogen and oxygen atoms in total. The first-order chi connectivity index (χ1) is 8.93. The molecule has 0 saturated carbocycles. The number of rotatable bonds is 7. The van der Waals surface area contributed by atoms with Gasteiger partial charge in [-0.3, -0.25) is 0 Å². The molecule has 0 aliphatic carbocycles. The molecule has 0 spiro atoms. The van der Waals surface area contributed by atoms with Crippen molar-refractivity contribution >= 4 is 0 Å². The summed E-state index contributed by atoms with van der Waals surface area (Å²) in [5.74, 6) is 1.38. The van der Waals surface area contributed by atoms with E-state index in [0.717, 1.165) is 12.0 Å². The second-order valence-corrected chi connectivity index (χ2v) is 5.24. The summed E-state index contributed by atoms with van der Waals surface area (Å²) in [7, 11) is 3.21. The van der Waals surface area contributed by atoms with E-state index in [1.807, 2.05) is 18.2 Å². The van der Waals surface area contributed by atoms with Crippen LogP contribution in [0.25, 0.3) is 0 Å². The molecule has 4 heteroatoms. The quantitative estimate of drug-likeness (QED) is 0.797. The molecule has 0 aromatic heterocycles. The number of nitrogens with one attached hydrogen (secondary N) is 1. The number of hydrogen-bond donors (Lipinski definition) is 2. The predicted molar refractivity (Wildman–Crippen MR) is 76.9 cm³/mol. The van der Waals surface area contributed by atoms with Crippen LogP contribution >= 0.6 is 0 Å². The fourth-order valence-corrected chi connectivity index (χ4v) is 1.71. The second kappa shape index (κ2) is 6.78. The summed E-state index contributed by atoms with van der Waals surface area (Å²) in [4.78, 5) is 0. The average Bonchev–Trinajstić information content (AvgIpc) is 2.44. The highest BCUT2D eigenvalue weighted by molar-refractivity contribution is 5.41. The first-order valence-electron chi connectivity index (χ1n) is 6.58. The highest BCUT2D eigenvalue weighted by Gasteiger charge is 2.19. The zero-order chi connectivity index (χ0) is 14.5. The predicted octanol–water partition coefficient (Wildman–Crippen LogP) is 2.52. The Kier molecular flexibility index (Phi) is 5.63. The number of benzene rings is 1. The van der Waals surface area contributed by atoms with Crippen LogP contribution in [0.3, 0.4) is 0 Å². The third-order valence-electron chi connectivity index (χ3n) is 3.45. The van der Waals surface area contributed by atoms with Crippen molar-refractivity contribution in [3.63, 3.8) is 0 Å². The van der Waals surface area contributed by atoms with Crippen molar-refractivity contribution in [1.29, 1.82) is 0 Å². The Morgan fingerprint density at radius 2 is 1.95 bits per heavy atom. The summed E-state index contributed by atoms with van der Waals surface area (Å²) in [6.45, 7) is 6.82. The number of hydrogen-bond acceptors (Lipinski definition) is 4. The lowest BCUT2D eigenvalue weighted by Crippen LogP contribution is -2.40. The zero-order valence-corrected chi connectivity index (χ0v) is 12.5. The molecule has 0 aliphatic rings. The van der Waals surface area contributed by atoms with Crippen LogP contribution in [0.2, 0.25) is 0 Å². The largest absolute Gasteiger partial charge is 0.497 e. The van der Waals surface area contributed by atoms with E-state index in [4.69, 9.17) is 9.47 Å². The molecule has 0 amide bonds. The van der Waals surface area contributed by atoms with Crippen molar-refractivity contribution in [2.45, 2.75) is 38.8 Å². The van der Waals surface area contributed by atoms with Crippen molar-refractivity contribution in [2.75, 3.05) is 20.8 Å². The summed E-state index contributed by atoms with van der Waals surface area (Å²) in [6, 6.07) is 5.44. The van der Waals surface area contributed by atoms with Crippen molar-refractivity contribution in [3.8, 4) is 11.5 Å². The molecule has 2 N–H and O–H groups in total. The van der Waals surface area contributed by atoms with E-state index in [1.165, 1.54) is 0 Å². The van der Waals surface area contributed by atoms with Crippen LogP contribution in [-0.2, 0) is 0 Å². The molecule has 0 radical (unpaired) electrons. The summed E-state index contributed by atoms with van der Waals surface area (Å²) in [6.07, 6.45) is 0.366. The van der Waals surface area contributed by atoms with E-state index in [0.29, 0.717) is 18.0 Å². The lowest BCUT2D eigenvalue weighted by atomic mass is 10.0. The van der Waals surface area contributed by atoms with Gasteiger partial charge in [0.15, 0.2) is 0 Å². The third-order valence-corrected chi connectivity index (χ3v) is 3.45. The topological polar surface area (TPSA) is 50.7 Å². The summed E-state index contributed by atoms with van der Waals surface area (Å²) >= 11 is 0. The maximum absolute atomic E-state index is 10.3. The molecule has 1 unspecified atom stereocenters. The van der Waals surface area contributed by atoms with Gasteiger partial charge in [0.25, 0.3) is 0 Å². The summed E-state index contributed by atoms with van der Waals surface area (Å²) in [5.41, 5.74) is 0.744. The van der Waals surface area contributed by atoms with Crippen LogP contribution in [0.15, 0.2) is 18.2 Å². The SMILES string of the molecule is CCC(C)(C)NCC(O)c1cc(OC)ccc1OC. The molecule has 0 aliphatic heterocycles. The second-order valence-electron chi connectivity index (χ2n) is 5.24. The minimum Gasteiger partial charge on any atom is -0.497 e. The summed E-state index contributed by atoms with van der Waals surface area (Å²) in [5, 5.41) is 13.7. The van der Waals surface area contributed by atoms with Gasteiger partial charge in [-0.25, -0.2) is 0 Å². The molecule has 0 fully saturated rings. The number of methoxy groups -OCH3 is 2. The molecule has 1 rings (SSSR count). The number of aliphatic hydroxyl groups excluding tert-OH is 1. The van der Waals surface area contributed by atoms with Gasteiger partial charge >= 0.3 is 0 Å². The number of β-amino-alcohol motifs (C(OH)–C–C–N with tert-alkyl or cyclic N) is 1. The molecular formula is C15H25NO3.